The van der Waals surface area contributed by atoms with Crippen molar-refractivity contribution < 1.29 is 9.53 Å². The molecule has 4 nitrogen and oxygen atoms in total. The maximum atomic E-state index is 11.6. The van der Waals surface area contributed by atoms with Crippen LogP contribution in [0.2, 0.25) is 5.02 Å². The van der Waals surface area contributed by atoms with Crippen molar-refractivity contribution in [3.63, 3.8) is 0 Å². The third kappa shape index (κ3) is 3.12. The zero-order chi connectivity index (χ0) is 11.4. The van der Waals surface area contributed by atoms with E-state index < -0.39 is 0 Å². The van der Waals surface area contributed by atoms with E-state index in [4.69, 9.17) is 16.3 Å². The predicted molar refractivity (Wildman–Crippen MR) is 62.8 cm³/mol. The normalized spacial score (nSPS) is 19.4. The van der Waals surface area contributed by atoms with E-state index in [2.05, 4.69) is 10.6 Å². The molecular formula is C11H13ClN2O2. The number of urea groups is 1. The number of hydrogen-bond acceptors (Lipinski definition) is 2. The van der Waals surface area contributed by atoms with Crippen LogP contribution in [0.15, 0.2) is 24.3 Å². The minimum atomic E-state index is -0.224. The average Bonchev–Trinajstić information content (AvgIpc) is 2.70. The molecular weight excluding hydrogens is 228 g/mol. The highest BCUT2D eigenvalue weighted by atomic mass is 35.5. The largest absolute Gasteiger partial charge is 0.379 e. The van der Waals surface area contributed by atoms with Crippen molar-refractivity contribution in [1.29, 1.82) is 0 Å². The first-order valence-electron chi connectivity index (χ1n) is 5.15. The number of ether oxygens (including phenoxy) is 1. The van der Waals surface area contributed by atoms with E-state index in [1.54, 1.807) is 24.3 Å². The van der Waals surface area contributed by atoms with Crippen LogP contribution in [0.1, 0.15) is 6.42 Å². The molecule has 2 amide bonds. The number of halogens is 1. The molecule has 0 bridgehead atoms. The molecule has 86 valence electrons. The quantitative estimate of drug-likeness (QED) is 0.833. The molecule has 1 aliphatic heterocycles. The fraction of sp³-hybridized carbons (Fsp3) is 0.364. The Hall–Kier alpha value is -1.26. The molecule has 1 saturated heterocycles. The Balaban J connectivity index is 1.86. The summed E-state index contributed by atoms with van der Waals surface area (Å²) in [6, 6.07) is 6.92. The van der Waals surface area contributed by atoms with Crippen molar-refractivity contribution in [3.8, 4) is 0 Å². The van der Waals surface area contributed by atoms with Crippen LogP contribution in [0.25, 0.3) is 0 Å². The second-order valence-electron chi connectivity index (χ2n) is 3.67. The molecule has 1 aromatic rings. The SMILES string of the molecule is O=C(Nc1cccc(Cl)c1)NC1CCOC1. The molecule has 1 heterocycles. The molecule has 1 fully saturated rings. The monoisotopic (exact) mass is 240 g/mol. The number of hydrogen-bond donors (Lipinski definition) is 2. The standard InChI is InChI=1S/C11H13ClN2O2/c12-8-2-1-3-9(6-8)13-11(15)14-10-4-5-16-7-10/h1-3,6,10H,4-5,7H2,(H2,13,14,15). The lowest BCUT2D eigenvalue weighted by molar-refractivity contribution is 0.189. The molecule has 5 heteroatoms. The smallest absolute Gasteiger partial charge is 0.319 e. The van der Waals surface area contributed by atoms with E-state index >= 15 is 0 Å². The second kappa shape index (κ2) is 5.18. The number of carbonyl (C=O) groups excluding carboxylic acids is 1. The number of rotatable bonds is 2. The first-order chi connectivity index (χ1) is 7.74. The van der Waals surface area contributed by atoms with Crippen molar-refractivity contribution in [3.05, 3.63) is 29.3 Å². The molecule has 1 aliphatic rings. The van der Waals surface area contributed by atoms with Crippen LogP contribution in [-0.4, -0.2) is 25.3 Å². The number of carbonyl (C=O) groups is 1. The maximum absolute atomic E-state index is 11.6. The summed E-state index contributed by atoms with van der Waals surface area (Å²) in [5.41, 5.74) is 0.684. The van der Waals surface area contributed by atoms with Gasteiger partial charge in [0.05, 0.1) is 12.6 Å². The first-order valence-corrected chi connectivity index (χ1v) is 5.52. The fourth-order valence-electron chi connectivity index (χ4n) is 1.57. The van der Waals surface area contributed by atoms with E-state index in [1.807, 2.05) is 0 Å². The highest BCUT2D eigenvalue weighted by Gasteiger charge is 2.17. The lowest BCUT2D eigenvalue weighted by Crippen LogP contribution is -2.38. The molecule has 1 atom stereocenters. The molecule has 0 radical (unpaired) electrons. The maximum Gasteiger partial charge on any atom is 0.319 e. The summed E-state index contributed by atoms with van der Waals surface area (Å²) >= 11 is 5.81. The van der Waals surface area contributed by atoms with Crippen LogP contribution in [0, 0.1) is 0 Å². The van der Waals surface area contributed by atoms with Gasteiger partial charge in [-0.05, 0) is 24.6 Å². The van der Waals surface area contributed by atoms with Gasteiger partial charge < -0.3 is 15.4 Å². The van der Waals surface area contributed by atoms with Crippen molar-refractivity contribution in [2.45, 2.75) is 12.5 Å². The lowest BCUT2D eigenvalue weighted by Gasteiger charge is -2.11. The van der Waals surface area contributed by atoms with Gasteiger partial charge in [-0.15, -0.1) is 0 Å². The Morgan fingerprint density at radius 1 is 1.50 bits per heavy atom. The summed E-state index contributed by atoms with van der Waals surface area (Å²) in [4.78, 5) is 11.6. The highest BCUT2D eigenvalue weighted by molar-refractivity contribution is 6.30. The summed E-state index contributed by atoms with van der Waals surface area (Å²) in [5.74, 6) is 0. The lowest BCUT2D eigenvalue weighted by atomic mass is 10.3. The third-order valence-electron chi connectivity index (χ3n) is 2.35. The van der Waals surface area contributed by atoms with Gasteiger partial charge in [0.15, 0.2) is 0 Å². The molecule has 2 N–H and O–H groups in total. The van der Waals surface area contributed by atoms with E-state index in [0.717, 1.165) is 6.42 Å². The van der Waals surface area contributed by atoms with Gasteiger partial charge in [0.2, 0.25) is 0 Å². The molecule has 1 unspecified atom stereocenters. The van der Waals surface area contributed by atoms with Crippen LogP contribution < -0.4 is 10.6 Å². The number of nitrogens with one attached hydrogen (secondary N) is 2. The van der Waals surface area contributed by atoms with Crippen LogP contribution in [0.4, 0.5) is 10.5 Å². The van der Waals surface area contributed by atoms with Crippen molar-refractivity contribution >= 4 is 23.3 Å². The van der Waals surface area contributed by atoms with Crippen LogP contribution in [-0.2, 0) is 4.74 Å². The van der Waals surface area contributed by atoms with E-state index in [-0.39, 0.29) is 12.1 Å². The van der Waals surface area contributed by atoms with E-state index in [0.29, 0.717) is 23.9 Å². The van der Waals surface area contributed by atoms with Gasteiger partial charge in [0.1, 0.15) is 0 Å². The van der Waals surface area contributed by atoms with Crippen LogP contribution in [0.5, 0.6) is 0 Å². The topological polar surface area (TPSA) is 50.4 Å². The Morgan fingerprint density at radius 3 is 3.06 bits per heavy atom. The first kappa shape index (κ1) is 11.2. The predicted octanol–water partition coefficient (Wildman–Crippen LogP) is 2.25. The van der Waals surface area contributed by atoms with Gasteiger partial charge in [0, 0.05) is 17.3 Å². The van der Waals surface area contributed by atoms with Gasteiger partial charge >= 0.3 is 6.03 Å². The molecule has 16 heavy (non-hydrogen) atoms. The molecule has 0 spiro atoms. The minimum absolute atomic E-state index is 0.110. The molecule has 0 aliphatic carbocycles. The van der Waals surface area contributed by atoms with E-state index in [9.17, 15) is 4.79 Å². The van der Waals surface area contributed by atoms with Gasteiger partial charge in [-0.1, -0.05) is 17.7 Å². The average molecular weight is 241 g/mol. The van der Waals surface area contributed by atoms with Gasteiger partial charge in [-0.2, -0.15) is 0 Å². The molecule has 1 aromatic carbocycles. The van der Waals surface area contributed by atoms with Gasteiger partial charge in [0.25, 0.3) is 0 Å². The van der Waals surface area contributed by atoms with Crippen molar-refractivity contribution in [2.75, 3.05) is 18.5 Å². The van der Waals surface area contributed by atoms with Gasteiger partial charge in [-0.3, -0.25) is 0 Å². The fourth-order valence-corrected chi connectivity index (χ4v) is 1.76. The summed E-state index contributed by atoms with van der Waals surface area (Å²) < 4.78 is 5.16. The van der Waals surface area contributed by atoms with Crippen molar-refractivity contribution in [1.82, 2.24) is 5.32 Å². The Kier molecular flexibility index (Phi) is 3.64. The summed E-state index contributed by atoms with van der Waals surface area (Å²) in [6.07, 6.45) is 0.864. The van der Waals surface area contributed by atoms with Crippen molar-refractivity contribution in [2.24, 2.45) is 0 Å². The Bertz CT molecular complexity index is 378. The summed E-state index contributed by atoms with van der Waals surface area (Å²) in [5, 5.41) is 6.15. The third-order valence-corrected chi connectivity index (χ3v) is 2.58. The highest BCUT2D eigenvalue weighted by Crippen LogP contribution is 2.14. The van der Waals surface area contributed by atoms with E-state index in [1.165, 1.54) is 0 Å². The number of amides is 2. The Morgan fingerprint density at radius 2 is 2.38 bits per heavy atom. The number of benzene rings is 1. The number of anilines is 1. The zero-order valence-electron chi connectivity index (χ0n) is 8.70. The van der Waals surface area contributed by atoms with Gasteiger partial charge in [-0.25, -0.2) is 4.79 Å². The molecule has 0 aromatic heterocycles. The molecule has 2 rings (SSSR count). The summed E-state index contributed by atoms with van der Waals surface area (Å²) in [6.45, 7) is 1.30. The second-order valence-corrected chi connectivity index (χ2v) is 4.11. The minimum Gasteiger partial charge on any atom is -0.379 e. The van der Waals surface area contributed by atoms with Crippen LogP contribution in [0.3, 0.4) is 0 Å². The summed E-state index contributed by atoms with van der Waals surface area (Å²) in [7, 11) is 0. The zero-order valence-corrected chi connectivity index (χ0v) is 9.46. The Labute approximate surface area is 98.9 Å². The molecule has 0 saturated carbocycles. The van der Waals surface area contributed by atoms with Crippen LogP contribution >= 0.6 is 11.6 Å².